The first-order valence-corrected chi connectivity index (χ1v) is 5.87. The van der Waals surface area contributed by atoms with Crippen LogP contribution in [0.25, 0.3) is 0 Å². The first-order valence-electron chi connectivity index (χ1n) is 5.49. The van der Waals surface area contributed by atoms with Crippen molar-refractivity contribution in [1.82, 2.24) is 5.32 Å². The maximum atomic E-state index is 11.6. The summed E-state index contributed by atoms with van der Waals surface area (Å²) in [7, 11) is 1.36. The Hall–Kier alpha value is -1.79. The van der Waals surface area contributed by atoms with Crippen LogP contribution < -0.4 is 10.6 Å². The van der Waals surface area contributed by atoms with Gasteiger partial charge in [0.25, 0.3) is 0 Å². The number of carbonyl (C=O) groups is 2. The number of hydrogen-bond acceptors (Lipinski definition) is 3. The minimum atomic E-state index is -1.17. The van der Waals surface area contributed by atoms with Gasteiger partial charge in [-0.25, -0.2) is 9.59 Å². The Morgan fingerprint density at radius 1 is 1.47 bits per heavy atom. The maximum Gasteiger partial charge on any atom is 0.328 e. The summed E-state index contributed by atoms with van der Waals surface area (Å²) < 4.78 is 4.71. The molecular weight excluding hydrogens is 272 g/mol. The summed E-state index contributed by atoms with van der Waals surface area (Å²) in [6, 6.07) is 3.27. The summed E-state index contributed by atoms with van der Waals surface area (Å²) in [4.78, 5) is 22.4. The van der Waals surface area contributed by atoms with Gasteiger partial charge in [-0.15, -0.1) is 0 Å². The number of anilines is 1. The van der Waals surface area contributed by atoms with Crippen molar-refractivity contribution in [2.24, 2.45) is 0 Å². The van der Waals surface area contributed by atoms with Crippen molar-refractivity contribution < 1.29 is 19.4 Å². The first kappa shape index (κ1) is 15.3. The Balaban J connectivity index is 2.63. The highest BCUT2D eigenvalue weighted by molar-refractivity contribution is 6.31. The molecule has 0 heterocycles. The van der Waals surface area contributed by atoms with Crippen molar-refractivity contribution in [2.75, 3.05) is 19.0 Å². The number of urea groups is 1. The molecule has 104 valence electrons. The molecule has 0 aliphatic rings. The van der Waals surface area contributed by atoms with Crippen LogP contribution in [-0.2, 0) is 9.53 Å². The number of benzene rings is 1. The summed E-state index contributed by atoms with van der Waals surface area (Å²) in [6.07, 6.45) is 0. The molecule has 0 saturated carbocycles. The summed E-state index contributed by atoms with van der Waals surface area (Å²) >= 11 is 5.92. The number of carboxylic acid groups (broad SMARTS) is 1. The van der Waals surface area contributed by atoms with Crippen LogP contribution in [0.2, 0.25) is 5.02 Å². The van der Waals surface area contributed by atoms with Gasteiger partial charge in [-0.05, 0) is 24.6 Å². The van der Waals surface area contributed by atoms with E-state index in [4.69, 9.17) is 21.4 Å². The minimum Gasteiger partial charge on any atom is -0.480 e. The van der Waals surface area contributed by atoms with Crippen LogP contribution in [0.4, 0.5) is 10.5 Å². The normalized spacial score (nSPS) is 11.7. The minimum absolute atomic E-state index is 0.114. The van der Waals surface area contributed by atoms with E-state index in [2.05, 4.69) is 10.6 Å². The molecule has 1 aromatic carbocycles. The number of rotatable bonds is 5. The highest BCUT2D eigenvalue weighted by atomic mass is 35.5. The Morgan fingerprint density at radius 2 is 2.16 bits per heavy atom. The van der Waals surface area contributed by atoms with Crippen molar-refractivity contribution in [1.29, 1.82) is 0 Å². The summed E-state index contributed by atoms with van der Waals surface area (Å²) in [5.74, 6) is -1.17. The molecule has 1 atom stereocenters. The van der Waals surface area contributed by atoms with E-state index >= 15 is 0 Å². The van der Waals surface area contributed by atoms with E-state index in [1.165, 1.54) is 7.11 Å². The standard InChI is InChI=1S/C12H15ClN2O4/c1-7-3-4-8(5-9(7)13)14-12(18)15-10(6-19-2)11(16)17/h3-5,10H,6H2,1-2H3,(H,16,17)(H2,14,15,18). The molecule has 3 N–H and O–H groups in total. The number of halogens is 1. The fourth-order valence-electron chi connectivity index (χ4n) is 1.34. The van der Waals surface area contributed by atoms with Gasteiger partial charge in [0.15, 0.2) is 6.04 Å². The maximum absolute atomic E-state index is 11.6. The lowest BCUT2D eigenvalue weighted by Gasteiger charge is -2.14. The third kappa shape index (κ3) is 4.76. The van der Waals surface area contributed by atoms with Crippen molar-refractivity contribution in [3.63, 3.8) is 0 Å². The molecule has 0 aliphatic heterocycles. The topological polar surface area (TPSA) is 87.7 Å². The number of aryl methyl sites for hydroxylation is 1. The number of methoxy groups -OCH3 is 1. The number of aliphatic carboxylic acids is 1. The van der Waals surface area contributed by atoms with Crippen molar-refractivity contribution in [3.05, 3.63) is 28.8 Å². The molecular formula is C12H15ClN2O4. The van der Waals surface area contributed by atoms with E-state index < -0.39 is 18.0 Å². The molecule has 1 unspecified atom stereocenters. The lowest BCUT2D eigenvalue weighted by atomic mass is 10.2. The molecule has 0 aliphatic carbocycles. The van der Waals surface area contributed by atoms with E-state index in [1.54, 1.807) is 18.2 Å². The Morgan fingerprint density at radius 3 is 2.68 bits per heavy atom. The second-order valence-corrected chi connectivity index (χ2v) is 4.32. The Labute approximate surface area is 115 Å². The Kier molecular flexibility index (Phi) is 5.59. The number of nitrogens with one attached hydrogen (secondary N) is 2. The van der Waals surface area contributed by atoms with Gasteiger partial charge in [-0.2, -0.15) is 0 Å². The number of carbonyl (C=O) groups excluding carboxylic acids is 1. The lowest BCUT2D eigenvalue weighted by Crippen LogP contribution is -2.45. The SMILES string of the molecule is COCC(NC(=O)Nc1ccc(C)c(Cl)c1)C(=O)O. The van der Waals surface area contributed by atoms with E-state index in [9.17, 15) is 9.59 Å². The zero-order valence-corrected chi connectivity index (χ0v) is 11.3. The van der Waals surface area contributed by atoms with Crippen LogP contribution in [-0.4, -0.2) is 36.9 Å². The monoisotopic (exact) mass is 286 g/mol. The molecule has 6 nitrogen and oxygen atoms in total. The van der Waals surface area contributed by atoms with Gasteiger partial charge in [-0.3, -0.25) is 0 Å². The Bertz CT molecular complexity index is 479. The molecule has 0 saturated heterocycles. The second-order valence-electron chi connectivity index (χ2n) is 3.91. The molecule has 1 rings (SSSR count). The van der Waals surface area contributed by atoms with Gasteiger partial charge in [0.1, 0.15) is 0 Å². The van der Waals surface area contributed by atoms with Crippen molar-refractivity contribution in [3.8, 4) is 0 Å². The van der Waals surface area contributed by atoms with Crippen LogP contribution in [0.3, 0.4) is 0 Å². The molecule has 0 spiro atoms. The fourth-order valence-corrected chi connectivity index (χ4v) is 1.52. The summed E-state index contributed by atoms with van der Waals surface area (Å²) in [5, 5.41) is 14.2. The molecule has 1 aromatic rings. The molecule has 2 amide bonds. The molecule has 0 radical (unpaired) electrons. The van der Waals surface area contributed by atoms with Gasteiger partial charge >= 0.3 is 12.0 Å². The fraction of sp³-hybridized carbons (Fsp3) is 0.333. The zero-order chi connectivity index (χ0) is 14.4. The average molecular weight is 287 g/mol. The number of hydrogen-bond donors (Lipinski definition) is 3. The van der Waals surface area contributed by atoms with Gasteiger partial charge in [-0.1, -0.05) is 17.7 Å². The quantitative estimate of drug-likeness (QED) is 0.771. The number of carboxylic acids is 1. The zero-order valence-electron chi connectivity index (χ0n) is 10.6. The van der Waals surface area contributed by atoms with Gasteiger partial charge < -0.3 is 20.5 Å². The molecule has 0 bridgehead atoms. The highest BCUT2D eigenvalue weighted by Gasteiger charge is 2.19. The van der Waals surface area contributed by atoms with Crippen LogP contribution in [0.5, 0.6) is 0 Å². The second kappa shape index (κ2) is 6.96. The van der Waals surface area contributed by atoms with Crippen LogP contribution in [0, 0.1) is 6.92 Å². The third-order valence-corrected chi connectivity index (χ3v) is 2.77. The van der Waals surface area contributed by atoms with Crippen molar-refractivity contribution in [2.45, 2.75) is 13.0 Å². The van der Waals surface area contributed by atoms with Crippen LogP contribution in [0.15, 0.2) is 18.2 Å². The van der Waals surface area contributed by atoms with E-state index in [1.807, 2.05) is 6.92 Å². The highest BCUT2D eigenvalue weighted by Crippen LogP contribution is 2.19. The van der Waals surface area contributed by atoms with Crippen LogP contribution in [0.1, 0.15) is 5.56 Å². The molecule has 0 fully saturated rings. The molecule has 0 aromatic heterocycles. The van der Waals surface area contributed by atoms with E-state index in [-0.39, 0.29) is 6.61 Å². The summed E-state index contributed by atoms with van der Waals surface area (Å²) in [5.41, 5.74) is 1.37. The van der Waals surface area contributed by atoms with Gasteiger partial charge in [0.2, 0.25) is 0 Å². The van der Waals surface area contributed by atoms with E-state index in [0.717, 1.165) is 5.56 Å². The lowest BCUT2D eigenvalue weighted by molar-refractivity contribution is -0.140. The molecule has 7 heteroatoms. The average Bonchev–Trinajstić information content (AvgIpc) is 2.33. The predicted molar refractivity (Wildman–Crippen MR) is 71.6 cm³/mol. The van der Waals surface area contributed by atoms with Gasteiger partial charge in [0.05, 0.1) is 6.61 Å². The van der Waals surface area contributed by atoms with E-state index in [0.29, 0.717) is 10.7 Å². The van der Waals surface area contributed by atoms with Crippen molar-refractivity contribution >= 4 is 29.3 Å². The number of ether oxygens (including phenoxy) is 1. The van der Waals surface area contributed by atoms with Crippen LogP contribution >= 0.6 is 11.6 Å². The summed E-state index contributed by atoms with van der Waals surface area (Å²) in [6.45, 7) is 1.72. The smallest absolute Gasteiger partial charge is 0.328 e. The van der Waals surface area contributed by atoms with Gasteiger partial charge in [0, 0.05) is 17.8 Å². The molecule has 19 heavy (non-hydrogen) atoms. The number of amides is 2. The predicted octanol–water partition coefficient (Wildman–Crippen LogP) is 1.87. The first-order chi connectivity index (χ1) is 8.93. The third-order valence-electron chi connectivity index (χ3n) is 2.37. The largest absolute Gasteiger partial charge is 0.480 e.